The molecule has 0 saturated carbocycles. The van der Waals surface area contributed by atoms with E-state index >= 15 is 0 Å². The van der Waals surface area contributed by atoms with E-state index in [1.807, 2.05) is 60.8 Å². The smallest absolute Gasteiger partial charge is 0.229 e. The van der Waals surface area contributed by atoms with Gasteiger partial charge < -0.3 is 8.83 Å². The van der Waals surface area contributed by atoms with Gasteiger partial charge in [-0.15, -0.1) is 0 Å². The molecule has 0 unspecified atom stereocenters. The van der Waals surface area contributed by atoms with Gasteiger partial charge in [0.1, 0.15) is 22.5 Å². The molecule has 0 aliphatic carbocycles. The maximum atomic E-state index is 6.18. The van der Waals surface area contributed by atoms with Gasteiger partial charge in [0.25, 0.3) is 0 Å². The van der Waals surface area contributed by atoms with E-state index < -0.39 is 0 Å². The summed E-state index contributed by atoms with van der Waals surface area (Å²) >= 11 is 0. The first-order chi connectivity index (χ1) is 18.3. The van der Waals surface area contributed by atoms with Crippen molar-refractivity contribution in [3.05, 3.63) is 115 Å². The Kier molecular flexibility index (Phi) is 4.16. The van der Waals surface area contributed by atoms with E-state index in [1.165, 1.54) is 0 Å². The highest BCUT2D eigenvalue weighted by Crippen LogP contribution is 2.41. The number of furan rings is 2. The summed E-state index contributed by atoms with van der Waals surface area (Å²) in [6, 6.07) is 36.8. The zero-order valence-electron chi connectivity index (χ0n) is 19.6. The van der Waals surface area contributed by atoms with Crippen LogP contribution in [-0.2, 0) is 0 Å². The molecule has 0 aliphatic heterocycles. The summed E-state index contributed by atoms with van der Waals surface area (Å²) in [5, 5.41) is 5.30. The first-order valence-corrected chi connectivity index (χ1v) is 12.2. The second-order valence-electron chi connectivity index (χ2n) is 9.09. The molecule has 0 atom stereocenters. The molecular formula is C32H19N3O2. The molecule has 4 aromatic carbocycles. The van der Waals surface area contributed by atoms with Gasteiger partial charge in [0.05, 0.1) is 17.6 Å². The molecule has 0 fully saturated rings. The zero-order chi connectivity index (χ0) is 24.3. The fraction of sp³-hybridized carbons (Fsp3) is 0. The second kappa shape index (κ2) is 7.67. The van der Waals surface area contributed by atoms with Crippen LogP contribution >= 0.6 is 0 Å². The largest absolute Gasteiger partial charge is 0.454 e. The average molecular weight is 478 g/mol. The Morgan fingerprint density at radius 2 is 1.30 bits per heavy atom. The van der Waals surface area contributed by atoms with Gasteiger partial charge in [-0.2, -0.15) is 4.98 Å². The molecule has 37 heavy (non-hydrogen) atoms. The van der Waals surface area contributed by atoms with Crippen LogP contribution < -0.4 is 4.90 Å². The summed E-state index contributed by atoms with van der Waals surface area (Å²) < 4.78 is 12.3. The molecule has 8 rings (SSSR count). The summed E-state index contributed by atoms with van der Waals surface area (Å²) in [7, 11) is 0. The van der Waals surface area contributed by atoms with Crippen molar-refractivity contribution in [1.29, 1.82) is 0 Å². The van der Waals surface area contributed by atoms with Gasteiger partial charge in [0, 0.05) is 27.6 Å². The monoisotopic (exact) mass is 477 g/mol. The van der Waals surface area contributed by atoms with Crippen LogP contribution in [-0.4, -0.2) is 9.97 Å². The third kappa shape index (κ3) is 3.04. The SMILES string of the molecule is c1ccc2c(N(c3cnc4c(c3)oc3ccccc34)c3ccc4c(n3)oc3ccccc34)cccc2c1. The normalized spacial score (nSPS) is 11.8. The Balaban J connectivity index is 1.40. The fourth-order valence-corrected chi connectivity index (χ4v) is 5.22. The van der Waals surface area contributed by atoms with E-state index in [2.05, 4.69) is 59.5 Å². The van der Waals surface area contributed by atoms with E-state index in [4.69, 9.17) is 18.8 Å². The van der Waals surface area contributed by atoms with E-state index in [-0.39, 0.29) is 0 Å². The van der Waals surface area contributed by atoms with Gasteiger partial charge in [-0.1, -0.05) is 66.7 Å². The lowest BCUT2D eigenvalue weighted by Crippen LogP contribution is -2.12. The molecular weight excluding hydrogens is 458 g/mol. The van der Waals surface area contributed by atoms with Crippen LogP contribution in [0.2, 0.25) is 0 Å². The van der Waals surface area contributed by atoms with E-state index in [0.29, 0.717) is 5.71 Å². The van der Waals surface area contributed by atoms with Crippen molar-refractivity contribution in [3.8, 4) is 0 Å². The number of hydrogen-bond acceptors (Lipinski definition) is 5. The Morgan fingerprint density at radius 1 is 0.568 bits per heavy atom. The highest BCUT2D eigenvalue weighted by Gasteiger charge is 2.20. The van der Waals surface area contributed by atoms with Crippen LogP contribution in [0.4, 0.5) is 17.2 Å². The van der Waals surface area contributed by atoms with Crippen LogP contribution in [0.1, 0.15) is 0 Å². The molecule has 0 saturated heterocycles. The van der Waals surface area contributed by atoms with Crippen LogP contribution in [0.25, 0.3) is 54.9 Å². The number of aromatic nitrogens is 2. The second-order valence-corrected chi connectivity index (χ2v) is 9.09. The summed E-state index contributed by atoms with van der Waals surface area (Å²) in [5.74, 6) is 0.736. The van der Waals surface area contributed by atoms with Crippen molar-refractivity contribution in [1.82, 2.24) is 9.97 Å². The number of benzene rings is 4. The van der Waals surface area contributed by atoms with Gasteiger partial charge in [-0.3, -0.25) is 4.90 Å². The molecule has 5 nitrogen and oxygen atoms in total. The van der Waals surface area contributed by atoms with Gasteiger partial charge in [-0.25, -0.2) is 4.98 Å². The predicted octanol–water partition coefficient (Wildman–Crippen LogP) is 8.90. The minimum atomic E-state index is 0.599. The third-order valence-electron chi connectivity index (χ3n) is 6.92. The number of rotatable bonds is 3. The van der Waals surface area contributed by atoms with Crippen molar-refractivity contribution >= 4 is 72.1 Å². The molecule has 4 aromatic heterocycles. The molecule has 0 spiro atoms. The van der Waals surface area contributed by atoms with E-state index in [9.17, 15) is 0 Å². The molecule has 0 amide bonds. The zero-order valence-corrected chi connectivity index (χ0v) is 19.6. The number of para-hydroxylation sites is 2. The lowest BCUT2D eigenvalue weighted by molar-refractivity contribution is 0.654. The quantitative estimate of drug-likeness (QED) is 0.254. The third-order valence-corrected chi connectivity index (χ3v) is 6.92. The molecule has 174 valence electrons. The summed E-state index contributed by atoms with van der Waals surface area (Å²) in [5.41, 5.74) is 5.67. The van der Waals surface area contributed by atoms with E-state index in [1.54, 1.807) is 0 Å². The highest BCUT2D eigenvalue weighted by atomic mass is 16.3. The Bertz CT molecular complexity index is 2000. The first-order valence-electron chi connectivity index (χ1n) is 12.2. The molecule has 0 aliphatic rings. The summed E-state index contributed by atoms with van der Waals surface area (Å²) in [4.78, 5) is 11.9. The highest BCUT2D eigenvalue weighted by molar-refractivity contribution is 6.06. The maximum absolute atomic E-state index is 6.18. The average Bonchev–Trinajstić information content (AvgIpc) is 3.51. The lowest BCUT2D eigenvalue weighted by Gasteiger charge is -2.25. The maximum Gasteiger partial charge on any atom is 0.229 e. The van der Waals surface area contributed by atoms with Gasteiger partial charge in [0.15, 0.2) is 5.58 Å². The number of nitrogens with zero attached hydrogens (tertiary/aromatic N) is 3. The van der Waals surface area contributed by atoms with Crippen molar-refractivity contribution in [2.24, 2.45) is 0 Å². The van der Waals surface area contributed by atoms with Crippen LogP contribution in [0.15, 0.2) is 124 Å². The van der Waals surface area contributed by atoms with Crippen molar-refractivity contribution < 1.29 is 8.83 Å². The van der Waals surface area contributed by atoms with Gasteiger partial charge in [0.2, 0.25) is 5.71 Å². The van der Waals surface area contributed by atoms with Crippen molar-refractivity contribution in [2.75, 3.05) is 4.90 Å². The van der Waals surface area contributed by atoms with Gasteiger partial charge >= 0.3 is 0 Å². The predicted molar refractivity (Wildman–Crippen MR) is 149 cm³/mol. The van der Waals surface area contributed by atoms with Crippen LogP contribution in [0.3, 0.4) is 0 Å². The lowest BCUT2D eigenvalue weighted by atomic mass is 10.1. The van der Waals surface area contributed by atoms with Crippen LogP contribution in [0.5, 0.6) is 0 Å². The summed E-state index contributed by atoms with van der Waals surface area (Å²) in [6.07, 6.45) is 1.89. The van der Waals surface area contributed by atoms with E-state index in [0.717, 1.165) is 66.4 Å². The van der Waals surface area contributed by atoms with Gasteiger partial charge in [-0.05, 0) is 41.8 Å². The first kappa shape index (κ1) is 20.1. The van der Waals surface area contributed by atoms with Crippen molar-refractivity contribution in [3.63, 3.8) is 0 Å². The Labute approximate surface area is 211 Å². The fourth-order valence-electron chi connectivity index (χ4n) is 5.22. The minimum absolute atomic E-state index is 0.599. The number of fused-ring (bicyclic) bond motifs is 7. The molecule has 5 heteroatoms. The molecule has 4 heterocycles. The molecule has 0 N–H and O–H groups in total. The van der Waals surface area contributed by atoms with Crippen molar-refractivity contribution in [2.45, 2.75) is 0 Å². The number of hydrogen-bond donors (Lipinski definition) is 0. The molecule has 0 radical (unpaired) electrons. The summed E-state index contributed by atoms with van der Waals surface area (Å²) in [6.45, 7) is 0. The number of pyridine rings is 2. The topological polar surface area (TPSA) is 55.3 Å². The Morgan fingerprint density at radius 3 is 2.19 bits per heavy atom. The standard InChI is InChI=1S/C32H19N3O2/c1-2-10-22-20(8-1)9-7-13-26(22)35(21-18-29-31(33-19-21)25-12-4-6-15-28(25)36-29)30-17-16-24-23-11-3-5-14-27(23)37-32(24)34-30/h1-19H. The number of anilines is 3. The molecule has 0 bridgehead atoms. The minimum Gasteiger partial charge on any atom is -0.454 e. The Hall–Kier alpha value is -5.16. The molecule has 8 aromatic rings. The van der Waals surface area contributed by atoms with Crippen LogP contribution in [0, 0.1) is 0 Å².